The molecule has 4 aromatic carbocycles. The van der Waals surface area contributed by atoms with Crippen LogP contribution >= 0.6 is 15.6 Å². The van der Waals surface area contributed by atoms with E-state index in [-0.39, 0.29) is 47.9 Å². The summed E-state index contributed by atoms with van der Waals surface area (Å²) in [6.07, 6.45) is -9.15. The monoisotopic (exact) mass is 1060 g/mol. The quantitative estimate of drug-likeness (QED) is 0.0173. The maximum Gasteiger partial charge on any atom is 0.528 e. The number of benzene rings is 4. The lowest BCUT2D eigenvalue weighted by molar-refractivity contribution is -0.344. The minimum Gasteiger partial charge on any atom is -0.490 e. The molecule has 2 fully saturated rings. The number of fused-ring (bicyclic) bond motifs is 6. The number of nitrogens with zero attached hydrogens (tertiary/aromatic N) is 1. The summed E-state index contributed by atoms with van der Waals surface area (Å²) in [6.45, 7) is 3.49. The predicted molar refractivity (Wildman–Crippen MR) is 253 cm³/mol. The molecule has 9 N–H and O–H groups in total. The molecule has 0 bridgehead atoms. The Morgan fingerprint density at radius 2 is 1.41 bits per heavy atom. The van der Waals surface area contributed by atoms with E-state index in [9.17, 15) is 58.8 Å². The van der Waals surface area contributed by atoms with E-state index in [0.29, 0.717) is 66.2 Å². The number of amides is 3. The molecule has 3 aliphatic heterocycles. The zero-order valence-corrected chi connectivity index (χ0v) is 40.9. The molecular weight excluding hydrogens is 1000 g/mol. The summed E-state index contributed by atoms with van der Waals surface area (Å²) in [7, 11) is -10.9. The Bertz CT molecular complexity index is 2750. The van der Waals surface area contributed by atoms with E-state index in [1.54, 1.807) is 59.5 Å². The van der Waals surface area contributed by atoms with Crippen LogP contribution in [0, 0.1) is 0 Å². The van der Waals surface area contributed by atoms with Crippen LogP contribution in [0.1, 0.15) is 78.1 Å². The van der Waals surface area contributed by atoms with Gasteiger partial charge in [-0.25, -0.2) is 28.4 Å². The number of ether oxygens (including phenoxy) is 5. The normalized spacial score (nSPS) is 24.0. The molecule has 3 amide bonds. The van der Waals surface area contributed by atoms with E-state index < -0.39 is 69.9 Å². The second kappa shape index (κ2) is 22.8. The minimum absolute atomic E-state index is 0.112. The van der Waals surface area contributed by atoms with Gasteiger partial charge in [-0.1, -0.05) is 63.3 Å². The molecule has 73 heavy (non-hydrogen) atoms. The van der Waals surface area contributed by atoms with Gasteiger partial charge in [0.25, 0.3) is 0 Å². The molecule has 4 aliphatic rings. The zero-order chi connectivity index (χ0) is 52.1. The van der Waals surface area contributed by atoms with Crippen LogP contribution in [0.3, 0.4) is 0 Å². The lowest BCUT2D eigenvalue weighted by Crippen LogP contribution is -2.65. The van der Waals surface area contributed by atoms with Crippen LogP contribution in [0.15, 0.2) is 78.9 Å². The fourth-order valence-electron chi connectivity index (χ4n) is 8.99. The van der Waals surface area contributed by atoms with Gasteiger partial charge in [0.15, 0.2) is 23.2 Å². The van der Waals surface area contributed by atoms with Gasteiger partial charge in [0.05, 0.1) is 25.4 Å². The fraction of sp³-hybridized carbons (Fsp3) is 0.426. The summed E-state index contributed by atoms with van der Waals surface area (Å²) in [6, 6.07) is 20.3. The molecule has 1 spiro atoms. The molecule has 1 saturated heterocycles. The van der Waals surface area contributed by atoms with Crippen molar-refractivity contribution in [3.63, 3.8) is 0 Å². The Morgan fingerprint density at radius 1 is 0.753 bits per heavy atom. The third-order valence-electron chi connectivity index (χ3n) is 12.5. The Labute approximate surface area is 417 Å². The highest BCUT2D eigenvalue weighted by Crippen LogP contribution is 2.57. The van der Waals surface area contributed by atoms with Crippen LogP contribution in [0.25, 0.3) is 0 Å². The van der Waals surface area contributed by atoms with Crippen molar-refractivity contribution >= 4 is 45.1 Å². The molecule has 3 heterocycles. The van der Waals surface area contributed by atoms with E-state index in [2.05, 4.69) is 27.0 Å². The van der Waals surface area contributed by atoms with Gasteiger partial charge in [-0.15, -0.1) is 0 Å². The first-order chi connectivity index (χ1) is 34.9. The number of aliphatic hydroxyl groups excluding tert-OH is 3. The van der Waals surface area contributed by atoms with Crippen molar-refractivity contribution in [2.45, 2.75) is 94.3 Å². The van der Waals surface area contributed by atoms with E-state index in [1.807, 2.05) is 0 Å². The SMILES string of the molecule is CCCCCCCCOc1cc(COC(=O)Nc2ccc3c(c2)Oc2cc(NC(=O)N4CCOCC4)ccc2C32OC(=O)c3ccccc32)ccc1OP(=O)(O)O[C@@H]1[C@H](O)[C@H](O)[C@@H](OO)[C@H](OP(=O)(O)O)[C@H]1O. The number of hydrogen-bond acceptors (Lipinski definition) is 18. The van der Waals surface area contributed by atoms with Gasteiger partial charge in [-0.2, -0.15) is 0 Å². The molecule has 8 rings (SSSR count). The van der Waals surface area contributed by atoms with E-state index >= 15 is 0 Å². The lowest BCUT2D eigenvalue weighted by atomic mass is 9.77. The van der Waals surface area contributed by atoms with Gasteiger partial charge in [-0.3, -0.25) is 24.5 Å². The number of hydrogen-bond donors (Lipinski definition) is 9. The molecule has 26 heteroatoms. The van der Waals surface area contributed by atoms with Crippen LogP contribution < -0.4 is 24.6 Å². The molecule has 1 aliphatic carbocycles. The van der Waals surface area contributed by atoms with Crippen LogP contribution in [-0.2, 0) is 49.5 Å². The van der Waals surface area contributed by atoms with Gasteiger partial charge < -0.3 is 63.5 Å². The molecule has 1 saturated carbocycles. The van der Waals surface area contributed by atoms with Crippen molar-refractivity contribution in [3.8, 4) is 23.0 Å². The topological polar surface area (TPSA) is 337 Å². The standard InChI is InChI=1S/C47H55N3O21P2/c1-2-3-4-5-6-9-20-64-37-23-27(12-17-34(37)69-73(61,62)71-41-38(51)39(52)42(68-57)43(40(41)53)70-72(58,59)60)26-65-46(56)49-29-14-16-33-36(25-29)66-35-24-28(48-45(55)50-18-21-63-22-19-50)13-15-32(35)47(33)31-11-8-7-10-30(31)44(54)67-47/h7-8,10-17,23-25,38-43,51-53,57H,2-6,9,18-22,26H2,1H3,(H,48,55)(H,49,56)(H,61,62)(H2,58,59,60)/t38-,39+,40+,41-,42-,43-,47?/m1/s1. The number of unbranched alkanes of at least 4 members (excludes halogenated alkanes) is 5. The number of carbonyl (C=O) groups is 3. The first-order valence-corrected chi connectivity index (χ1v) is 26.4. The predicted octanol–water partition coefficient (Wildman–Crippen LogP) is 5.90. The highest BCUT2D eigenvalue weighted by molar-refractivity contribution is 7.47. The molecule has 24 nitrogen and oxygen atoms in total. The Balaban J connectivity index is 0.981. The van der Waals surface area contributed by atoms with Crippen molar-refractivity contribution in [2.24, 2.45) is 0 Å². The summed E-state index contributed by atoms with van der Waals surface area (Å²) in [4.78, 5) is 75.0. The summed E-state index contributed by atoms with van der Waals surface area (Å²) in [5, 5.41) is 46.7. The minimum atomic E-state index is -5.45. The zero-order valence-electron chi connectivity index (χ0n) is 39.1. The number of aliphatic hydroxyl groups is 3. The molecular formula is C47H55N3O21P2. The highest BCUT2D eigenvalue weighted by atomic mass is 31.2. The van der Waals surface area contributed by atoms with Crippen LogP contribution in [0.4, 0.5) is 21.0 Å². The van der Waals surface area contributed by atoms with Crippen molar-refractivity contribution < 1.29 is 101 Å². The maximum atomic E-state index is 13.4. The smallest absolute Gasteiger partial charge is 0.490 e. The van der Waals surface area contributed by atoms with Crippen molar-refractivity contribution in [1.82, 2.24) is 4.90 Å². The third kappa shape index (κ3) is 12.1. The largest absolute Gasteiger partial charge is 0.528 e. The van der Waals surface area contributed by atoms with Gasteiger partial charge in [0.2, 0.25) is 0 Å². The number of nitrogens with one attached hydrogen (secondary N) is 2. The van der Waals surface area contributed by atoms with Crippen LogP contribution in [-0.4, -0.2) is 128 Å². The summed E-state index contributed by atoms with van der Waals surface area (Å²) in [5.41, 5.74) is 1.38. The molecule has 2 unspecified atom stereocenters. The second-order valence-corrected chi connectivity index (χ2v) is 20.0. The number of phosphoric ester groups is 2. The second-order valence-electron chi connectivity index (χ2n) is 17.5. The number of urea groups is 1. The number of morpholine rings is 1. The Morgan fingerprint density at radius 3 is 2.10 bits per heavy atom. The number of carbonyl (C=O) groups excluding carboxylic acids is 3. The van der Waals surface area contributed by atoms with Crippen LogP contribution in [0.2, 0.25) is 0 Å². The van der Waals surface area contributed by atoms with E-state index in [1.165, 1.54) is 24.3 Å². The fourth-order valence-corrected chi connectivity index (χ4v) is 10.6. The van der Waals surface area contributed by atoms with Crippen molar-refractivity contribution in [1.29, 1.82) is 0 Å². The molecule has 0 aromatic heterocycles. The van der Waals surface area contributed by atoms with Crippen molar-refractivity contribution in [2.75, 3.05) is 43.5 Å². The van der Waals surface area contributed by atoms with Crippen LogP contribution in [0.5, 0.6) is 23.0 Å². The molecule has 8 atom stereocenters. The number of anilines is 2. The first-order valence-electron chi connectivity index (χ1n) is 23.3. The van der Waals surface area contributed by atoms with Gasteiger partial charge in [-0.05, 0) is 54.4 Å². The number of phosphoric acid groups is 2. The summed E-state index contributed by atoms with van der Waals surface area (Å²) >= 11 is 0. The Hall–Kier alpha value is -5.69. The third-order valence-corrected chi connectivity index (χ3v) is 14.0. The Kier molecular flexibility index (Phi) is 16.8. The van der Waals surface area contributed by atoms with Gasteiger partial charge >= 0.3 is 33.7 Å². The summed E-state index contributed by atoms with van der Waals surface area (Å²) in [5.74, 6) is -0.563. The average Bonchev–Trinajstić information content (AvgIpc) is 3.65. The van der Waals surface area contributed by atoms with Gasteiger partial charge in [0.1, 0.15) is 48.6 Å². The van der Waals surface area contributed by atoms with E-state index in [4.69, 9.17) is 32.7 Å². The summed E-state index contributed by atoms with van der Waals surface area (Å²) < 4.78 is 69.3. The average molecular weight is 1060 g/mol. The lowest BCUT2D eigenvalue weighted by Gasteiger charge is -2.43. The van der Waals surface area contributed by atoms with Crippen molar-refractivity contribution in [3.05, 3.63) is 107 Å². The van der Waals surface area contributed by atoms with E-state index in [0.717, 1.165) is 32.1 Å². The van der Waals surface area contributed by atoms with Gasteiger partial charge in [0, 0.05) is 53.3 Å². The molecule has 394 valence electrons. The molecule has 0 radical (unpaired) electrons. The molecule has 4 aromatic rings. The first kappa shape index (κ1) is 53.6. The maximum absolute atomic E-state index is 13.4. The number of rotatable bonds is 19. The highest BCUT2D eigenvalue weighted by Gasteiger charge is 2.56. The number of esters is 1.